The molecule has 1 heterocycles. The van der Waals surface area contributed by atoms with Crippen LogP contribution in [0.2, 0.25) is 0 Å². The Kier molecular flexibility index (Phi) is 10.7. The number of benzene rings is 3. The zero-order chi connectivity index (χ0) is 21.0. The summed E-state index contributed by atoms with van der Waals surface area (Å²) in [6.45, 7) is 1.91. The fourth-order valence-electron chi connectivity index (χ4n) is 3.37. The minimum atomic E-state index is 0. The van der Waals surface area contributed by atoms with Crippen molar-refractivity contribution in [2.45, 2.75) is 12.6 Å². The van der Waals surface area contributed by atoms with E-state index in [0.29, 0.717) is 13.2 Å². The SMILES string of the molecule is C#CCOCc1ccccc1.CN1C=CN(C(c2ccccc2)c2ccccc2)C1.[Au+]. The average Bonchev–Trinajstić information content (AvgIpc) is 3.22. The van der Waals surface area contributed by atoms with Gasteiger partial charge in [0.2, 0.25) is 0 Å². The summed E-state index contributed by atoms with van der Waals surface area (Å²) in [5.74, 6) is 2.42. The second kappa shape index (κ2) is 13.5. The third kappa shape index (κ3) is 7.79. The maximum absolute atomic E-state index is 5.13. The summed E-state index contributed by atoms with van der Waals surface area (Å²) in [5, 5.41) is 0. The van der Waals surface area contributed by atoms with E-state index in [1.165, 1.54) is 11.1 Å². The normalized spacial score (nSPS) is 12.0. The average molecular weight is 594 g/mol. The zero-order valence-electron chi connectivity index (χ0n) is 17.7. The van der Waals surface area contributed by atoms with Crippen LogP contribution in [0.4, 0.5) is 0 Å². The van der Waals surface area contributed by atoms with Crippen LogP contribution in [0.5, 0.6) is 0 Å². The van der Waals surface area contributed by atoms with Gasteiger partial charge in [-0.15, -0.1) is 6.42 Å². The fourth-order valence-corrected chi connectivity index (χ4v) is 3.37. The molecule has 0 spiro atoms. The Bertz CT molecular complexity index is 900. The van der Waals surface area contributed by atoms with Crippen molar-refractivity contribution in [3.8, 4) is 12.3 Å². The third-order valence-electron chi connectivity index (χ3n) is 4.76. The Balaban J connectivity index is 0.000000245. The van der Waals surface area contributed by atoms with Gasteiger partial charge in [0.15, 0.2) is 0 Å². The minimum absolute atomic E-state index is 0. The van der Waals surface area contributed by atoms with Crippen molar-refractivity contribution < 1.29 is 27.1 Å². The summed E-state index contributed by atoms with van der Waals surface area (Å²) in [5.41, 5.74) is 3.81. The summed E-state index contributed by atoms with van der Waals surface area (Å²) in [6, 6.07) is 31.6. The van der Waals surface area contributed by atoms with Gasteiger partial charge in [0.05, 0.1) is 19.3 Å². The first-order valence-electron chi connectivity index (χ1n) is 10.1. The molecule has 3 nitrogen and oxygen atoms in total. The Morgan fingerprint density at radius 3 is 1.81 bits per heavy atom. The molecule has 0 atom stereocenters. The van der Waals surface area contributed by atoms with Crippen LogP contribution in [0.15, 0.2) is 103 Å². The number of rotatable bonds is 6. The second-order valence-corrected chi connectivity index (χ2v) is 7.12. The van der Waals surface area contributed by atoms with E-state index in [1.807, 2.05) is 30.3 Å². The largest absolute Gasteiger partial charge is 1.00 e. The van der Waals surface area contributed by atoms with E-state index in [-0.39, 0.29) is 28.4 Å². The molecule has 31 heavy (non-hydrogen) atoms. The number of terminal acetylenes is 1. The molecular formula is C27H28AuN2O+. The molecule has 0 aliphatic carbocycles. The molecule has 0 bridgehead atoms. The number of nitrogens with zero attached hydrogens (tertiary/aromatic N) is 2. The molecular weight excluding hydrogens is 565 g/mol. The van der Waals surface area contributed by atoms with E-state index in [1.54, 1.807) is 0 Å². The van der Waals surface area contributed by atoms with E-state index in [0.717, 1.165) is 12.2 Å². The van der Waals surface area contributed by atoms with Gasteiger partial charge in [-0.05, 0) is 16.7 Å². The molecule has 1 aliphatic rings. The van der Waals surface area contributed by atoms with Gasteiger partial charge in [-0.2, -0.15) is 0 Å². The van der Waals surface area contributed by atoms with Gasteiger partial charge in [0.1, 0.15) is 6.61 Å². The van der Waals surface area contributed by atoms with Gasteiger partial charge in [-0.3, -0.25) is 0 Å². The van der Waals surface area contributed by atoms with Crippen molar-refractivity contribution >= 4 is 0 Å². The molecule has 0 aromatic heterocycles. The number of ether oxygens (including phenoxy) is 1. The molecule has 0 N–H and O–H groups in total. The van der Waals surface area contributed by atoms with Crippen molar-refractivity contribution in [2.24, 2.45) is 0 Å². The zero-order valence-corrected chi connectivity index (χ0v) is 19.9. The predicted molar refractivity (Wildman–Crippen MR) is 123 cm³/mol. The van der Waals surface area contributed by atoms with Crippen LogP contribution in [0, 0.1) is 12.3 Å². The first-order valence-corrected chi connectivity index (χ1v) is 10.1. The molecule has 3 aromatic rings. The Morgan fingerprint density at radius 1 is 0.839 bits per heavy atom. The molecule has 4 rings (SSSR count). The van der Waals surface area contributed by atoms with Gasteiger partial charge in [0.25, 0.3) is 0 Å². The van der Waals surface area contributed by atoms with Crippen molar-refractivity contribution in [2.75, 3.05) is 20.3 Å². The number of hydrogen-bond donors (Lipinski definition) is 0. The molecule has 0 saturated carbocycles. The summed E-state index contributed by atoms with van der Waals surface area (Å²) < 4.78 is 5.13. The molecule has 3 aromatic carbocycles. The summed E-state index contributed by atoms with van der Waals surface area (Å²) in [4.78, 5) is 4.56. The van der Waals surface area contributed by atoms with Crippen molar-refractivity contribution in [3.63, 3.8) is 0 Å². The van der Waals surface area contributed by atoms with Gasteiger partial charge in [-0.25, -0.2) is 0 Å². The van der Waals surface area contributed by atoms with E-state index < -0.39 is 0 Å². The maximum atomic E-state index is 5.13. The molecule has 0 radical (unpaired) electrons. The smallest absolute Gasteiger partial charge is 0.364 e. The van der Waals surface area contributed by atoms with Crippen LogP contribution >= 0.6 is 0 Å². The maximum Gasteiger partial charge on any atom is 1.00 e. The molecule has 0 fully saturated rings. The predicted octanol–water partition coefficient (Wildman–Crippen LogP) is 5.29. The molecule has 0 amide bonds. The molecule has 4 heteroatoms. The molecule has 162 valence electrons. The first kappa shape index (κ1) is 24.5. The van der Waals surface area contributed by atoms with Gasteiger partial charge in [-0.1, -0.05) is 96.9 Å². The standard InChI is InChI=1S/C17H18N2.C10H10O.Au/c1-18-12-13-19(14-18)17(15-8-4-2-5-9-15)16-10-6-3-7-11-16;1-2-8-11-9-10-6-4-3-5-7-10;/h2-13,17H,14H2,1H3;1,3-7H,8-9H2;/q;;+1. The van der Waals surface area contributed by atoms with Crippen LogP contribution in [0.3, 0.4) is 0 Å². The monoisotopic (exact) mass is 593 g/mol. The van der Waals surface area contributed by atoms with E-state index in [9.17, 15) is 0 Å². The first-order chi connectivity index (χ1) is 14.8. The third-order valence-corrected chi connectivity index (χ3v) is 4.76. The van der Waals surface area contributed by atoms with E-state index >= 15 is 0 Å². The van der Waals surface area contributed by atoms with Crippen LogP contribution in [-0.4, -0.2) is 30.1 Å². The van der Waals surface area contributed by atoms with Crippen LogP contribution in [0.25, 0.3) is 0 Å². The van der Waals surface area contributed by atoms with E-state index in [2.05, 4.69) is 95.8 Å². The van der Waals surface area contributed by atoms with Crippen LogP contribution < -0.4 is 0 Å². The fraction of sp³-hybridized carbons (Fsp3) is 0.185. The Labute approximate surface area is 201 Å². The minimum Gasteiger partial charge on any atom is -0.364 e. The van der Waals surface area contributed by atoms with Gasteiger partial charge >= 0.3 is 22.4 Å². The summed E-state index contributed by atoms with van der Waals surface area (Å²) in [7, 11) is 2.10. The van der Waals surface area contributed by atoms with Gasteiger partial charge in [0, 0.05) is 19.4 Å². The topological polar surface area (TPSA) is 15.7 Å². The van der Waals surface area contributed by atoms with Crippen molar-refractivity contribution in [3.05, 3.63) is 120 Å². The molecule has 1 aliphatic heterocycles. The molecule has 0 unspecified atom stereocenters. The summed E-state index contributed by atoms with van der Waals surface area (Å²) >= 11 is 0. The Morgan fingerprint density at radius 2 is 1.35 bits per heavy atom. The summed E-state index contributed by atoms with van der Waals surface area (Å²) in [6.07, 6.45) is 9.31. The quantitative estimate of drug-likeness (QED) is 0.220. The second-order valence-electron chi connectivity index (χ2n) is 7.12. The van der Waals surface area contributed by atoms with Crippen molar-refractivity contribution in [1.29, 1.82) is 0 Å². The number of hydrogen-bond acceptors (Lipinski definition) is 3. The molecule has 0 saturated heterocycles. The Hall–Kier alpha value is -2.74. The van der Waals surface area contributed by atoms with E-state index in [4.69, 9.17) is 11.2 Å². The van der Waals surface area contributed by atoms with Crippen molar-refractivity contribution in [1.82, 2.24) is 9.80 Å². The van der Waals surface area contributed by atoms with Crippen LogP contribution in [-0.2, 0) is 33.7 Å². The van der Waals surface area contributed by atoms with Gasteiger partial charge < -0.3 is 14.5 Å². The van der Waals surface area contributed by atoms with Crippen LogP contribution in [0.1, 0.15) is 22.7 Å².